The van der Waals surface area contributed by atoms with Gasteiger partial charge in [-0.15, -0.1) is 0 Å². The number of hydrogen-bond acceptors (Lipinski definition) is 3. The van der Waals surface area contributed by atoms with Gasteiger partial charge in [-0.25, -0.2) is 8.78 Å². The zero-order chi connectivity index (χ0) is 19.4. The molecule has 2 heterocycles. The zero-order valence-corrected chi connectivity index (χ0v) is 15.7. The molecule has 0 fully saturated rings. The Hall–Kier alpha value is -2.37. The largest absolute Gasteiger partial charge is 0.327 e. The van der Waals surface area contributed by atoms with Crippen LogP contribution in [0, 0.1) is 0 Å². The van der Waals surface area contributed by atoms with Gasteiger partial charge >= 0.3 is 0 Å². The highest BCUT2D eigenvalue weighted by molar-refractivity contribution is 5.94. The smallest absolute Gasteiger partial charge is 0.280 e. The minimum atomic E-state index is -2.64. The molecule has 0 radical (unpaired) electrons. The first-order chi connectivity index (χ1) is 13.1. The highest BCUT2D eigenvalue weighted by Gasteiger charge is 2.34. The predicted octanol–water partition coefficient (Wildman–Crippen LogP) is 5.12. The number of halogens is 2. The summed E-state index contributed by atoms with van der Waals surface area (Å²) in [6.07, 6.45) is 4.86. The highest BCUT2D eigenvalue weighted by atomic mass is 19.3. The summed E-state index contributed by atoms with van der Waals surface area (Å²) in [6.45, 7) is 4.13. The van der Waals surface area contributed by atoms with Crippen LogP contribution in [0.3, 0.4) is 0 Å². The molecule has 6 heteroatoms. The molecule has 1 unspecified atom stereocenters. The fourth-order valence-corrected chi connectivity index (χ4v) is 3.91. The molecule has 1 aliphatic carbocycles. The molecule has 27 heavy (non-hydrogen) atoms. The van der Waals surface area contributed by atoms with Gasteiger partial charge in [-0.05, 0) is 55.9 Å². The molecule has 1 atom stereocenters. The first-order valence-electron chi connectivity index (χ1n) is 9.57. The first kappa shape index (κ1) is 19.4. The number of nitrogens with zero attached hydrogens (tertiary/aromatic N) is 3. The van der Waals surface area contributed by atoms with E-state index in [2.05, 4.69) is 29.9 Å². The van der Waals surface area contributed by atoms with Crippen LogP contribution in [0.2, 0.25) is 0 Å². The summed E-state index contributed by atoms with van der Waals surface area (Å²) < 4.78 is 25.6. The van der Waals surface area contributed by atoms with E-state index in [9.17, 15) is 13.6 Å². The molecule has 0 saturated carbocycles. The van der Waals surface area contributed by atoms with Crippen LogP contribution < -0.4 is 0 Å². The van der Waals surface area contributed by atoms with E-state index in [-0.39, 0.29) is 23.7 Å². The van der Waals surface area contributed by atoms with Gasteiger partial charge in [0, 0.05) is 18.4 Å². The van der Waals surface area contributed by atoms with Crippen LogP contribution in [-0.4, -0.2) is 26.8 Å². The van der Waals surface area contributed by atoms with Gasteiger partial charge < -0.3 is 4.90 Å². The Morgan fingerprint density at radius 3 is 2.63 bits per heavy atom. The van der Waals surface area contributed by atoms with Crippen molar-refractivity contribution in [3.63, 3.8) is 0 Å². The van der Waals surface area contributed by atoms with Crippen LogP contribution in [-0.2, 0) is 6.42 Å². The summed E-state index contributed by atoms with van der Waals surface area (Å²) in [5, 5.41) is 0. The molecular formula is C21H25F2N3O. The summed E-state index contributed by atoms with van der Waals surface area (Å²) in [6, 6.07) is 6.65. The third-order valence-corrected chi connectivity index (χ3v) is 5.33. The Morgan fingerprint density at radius 1 is 1.22 bits per heavy atom. The molecule has 0 aliphatic heterocycles. The van der Waals surface area contributed by atoms with E-state index in [1.165, 1.54) is 23.9 Å². The van der Waals surface area contributed by atoms with Gasteiger partial charge in [0.25, 0.3) is 12.3 Å². The van der Waals surface area contributed by atoms with Crippen molar-refractivity contribution in [1.29, 1.82) is 0 Å². The van der Waals surface area contributed by atoms with Gasteiger partial charge in [0.2, 0.25) is 0 Å². The van der Waals surface area contributed by atoms with E-state index in [1.54, 1.807) is 6.20 Å². The number of carbonyl (C=O) groups is 1. The van der Waals surface area contributed by atoms with Crippen molar-refractivity contribution in [3.05, 3.63) is 59.2 Å². The second-order valence-electron chi connectivity index (χ2n) is 6.91. The third kappa shape index (κ3) is 3.99. The number of aromatic nitrogens is 2. The molecule has 2 aromatic rings. The lowest BCUT2D eigenvalue weighted by atomic mass is 9.89. The maximum absolute atomic E-state index is 13.4. The minimum Gasteiger partial charge on any atom is -0.327 e. The molecule has 0 N–H and O–H groups in total. The van der Waals surface area contributed by atoms with Crippen molar-refractivity contribution < 1.29 is 13.6 Å². The molecule has 0 aromatic carbocycles. The summed E-state index contributed by atoms with van der Waals surface area (Å²) in [5.41, 5.74) is 2.17. The van der Waals surface area contributed by atoms with Crippen molar-refractivity contribution in [3.8, 4) is 0 Å². The SMILES string of the molecule is CCC(CC)N(C(=O)c1ccc(C(F)F)nc1)C1CCCc2cccnc21. The average Bonchev–Trinajstić information content (AvgIpc) is 2.71. The van der Waals surface area contributed by atoms with Gasteiger partial charge in [0.15, 0.2) is 0 Å². The topological polar surface area (TPSA) is 46.1 Å². The Kier molecular flexibility index (Phi) is 6.14. The van der Waals surface area contributed by atoms with Crippen molar-refractivity contribution in [2.24, 2.45) is 0 Å². The lowest BCUT2D eigenvalue weighted by molar-refractivity contribution is 0.0519. The van der Waals surface area contributed by atoms with E-state index in [0.29, 0.717) is 5.56 Å². The Morgan fingerprint density at radius 2 is 2.00 bits per heavy atom. The molecule has 0 bridgehead atoms. The molecule has 3 rings (SSSR count). The molecule has 0 spiro atoms. The number of amides is 1. The Balaban J connectivity index is 1.98. The number of alkyl halides is 2. The number of hydrogen-bond donors (Lipinski definition) is 0. The lowest BCUT2D eigenvalue weighted by Gasteiger charge is -2.40. The molecule has 1 aliphatic rings. The number of carbonyl (C=O) groups excluding carboxylic acids is 1. The van der Waals surface area contributed by atoms with Gasteiger partial charge in [0.1, 0.15) is 5.69 Å². The normalized spacial score (nSPS) is 16.4. The summed E-state index contributed by atoms with van der Waals surface area (Å²) in [5.74, 6) is -0.166. The number of aryl methyl sites for hydroxylation is 1. The predicted molar refractivity (Wildman–Crippen MR) is 99.6 cm³/mol. The van der Waals surface area contributed by atoms with E-state index >= 15 is 0 Å². The average molecular weight is 373 g/mol. The summed E-state index contributed by atoms with van der Waals surface area (Å²) >= 11 is 0. The lowest BCUT2D eigenvalue weighted by Crippen LogP contribution is -2.44. The van der Waals surface area contributed by atoms with E-state index in [0.717, 1.165) is 37.8 Å². The van der Waals surface area contributed by atoms with Crippen LogP contribution in [0.15, 0.2) is 36.7 Å². The van der Waals surface area contributed by atoms with Crippen LogP contribution in [0.4, 0.5) is 8.78 Å². The molecule has 4 nitrogen and oxygen atoms in total. The third-order valence-electron chi connectivity index (χ3n) is 5.33. The standard InChI is InChI=1S/C21H25F2N3O/c1-3-16(4-2)26(18-9-5-7-14-8-6-12-24-19(14)18)21(27)15-10-11-17(20(22)23)25-13-15/h6,8,10-13,16,18,20H,3-5,7,9H2,1-2H3. The van der Waals surface area contributed by atoms with Crippen molar-refractivity contribution >= 4 is 5.91 Å². The number of fused-ring (bicyclic) bond motifs is 1. The molecule has 0 saturated heterocycles. The Labute approximate surface area is 158 Å². The van der Waals surface area contributed by atoms with Crippen LogP contribution >= 0.6 is 0 Å². The molecule has 2 aromatic heterocycles. The van der Waals surface area contributed by atoms with Gasteiger partial charge in [-0.3, -0.25) is 14.8 Å². The van der Waals surface area contributed by atoms with Crippen molar-refractivity contribution in [2.75, 3.05) is 0 Å². The second kappa shape index (κ2) is 8.55. The highest BCUT2D eigenvalue weighted by Crippen LogP contribution is 2.36. The van der Waals surface area contributed by atoms with E-state index in [1.807, 2.05) is 11.0 Å². The Bertz CT molecular complexity index is 775. The quantitative estimate of drug-likeness (QED) is 0.706. The van der Waals surface area contributed by atoms with Crippen molar-refractivity contribution in [1.82, 2.24) is 14.9 Å². The first-order valence-corrected chi connectivity index (χ1v) is 9.57. The summed E-state index contributed by atoms with van der Waals surface area (Å²) in [7, 11) is 0. The van der Waals surface area contributed by atoms with Crippen LogP contribution in [0.25, 0.3) is 0 Å². The molecular weight excluding hydrogens is 348 g/mol. The zero-order valence-electron chi connectivity index (χ0n) is 15.7. The minimum absolute atomic E-state index is 0.0604. The van der Waals surface area contributed by atoms with Crippen LogP contribution in [0.5, 0.6) is 0 Å². The monoisotopic (exact) mass is 373 g/mol. The van der Waals surface area contributed by atoms with E-state index in [4.69, 9.17) is 0 Å². The molecule has 1 amide bonds. The van der Waals surface area contributed by atoms with Gasteiger partial charge in [-0.2, -0.15) is 0 Å². The fourth-order valence-electron chi connectivity index (χ4n) is 3.91. The number of pyridine rings is 2. The maximum Gasteiger partial charge on any atom is 0.280 e. The fraction of sp³-hybridized carbons (Fsp3) is 0.476. The van der Waals surface area contributed by atoms with E-state index < -0.39 is 6.43 Å². The molecule has 144 valence electrons. The van der Waals surface area contributed by atoms with Gasteiger partial charge in [0.05, 0.1) is 17.3 Å². The number of rotatable bonds is 6. The van der Waals surface area contributed by atoms with Gasteiger partial charge in [-0.1, -0.05) is 19.9 Å². The van der Waals surface area contributed by atoms with Crippen molar-refractivity contribution in [2.45, 2.75) is 64.5 Å². The summed E-state index contributed by atoms with van der Waals surface area (Å²) in [4.78, 5) is 23.6. The second-order valence-corrected chi connectivity index (χ2v) is 6.91. The maximum atomic E-state index is 13.4. The van der Waals surface area contributed by atoms with Crippen LogP contribution in [0.1, 0.15) is 79.3 Å².